The molecule has 2 atom stereocenters. The number of amides is 2. The summed E-state index contributed by atoms with van der Waals surface area (Å²) < 4.78 is 5.70. The highest BCUT2D eigenvalue weighted by Gasteiger charge is 2.26. The number of hydrogen-bond acceptors (Lipinski definition) is 3. The number of hydrogen-bond donors (Lipinski definition) is 3. The first-order chi connectivity index (χ1) is 12.2. The lowest BCUT2D eigenvalue weighted by Gasteiger charge is -2.17. The highest BCUT2D eigenvalue weighted by Crippen LogP contribution is 2.19. The summed E-state index contributed by atoms with van der Waals surface area (Å²) in [5.74, 6) is 0. The van der Waals surface area contributed by atoms with Gasteiger partial charge < -0.3 is 20.5 Å². The van der Waals surface area contributed by atoms with E-state index in [0.717, 1.165) is 36.1 Å². The topological polar surface area (TPSA) is 70.6 Å². The number of benzene rings is 2. The molecule has 2 aromatic carbocycles. The minimum atomic E-state index is -0.435. The van der Waals surface area contributed by atoms with E-state index in [4.69, 9.17) is 4.74 Å². The second-order valence-corrected chi connectivity index (χ2v) is 6.38. The van der Waals surface area contributed by atoms with Gasteiger partial charge in [0.15, 0.2) is 0 Å². The Balaban J connectivity index is 1.43. The maximum Gasteiger partial charge on any atom is 0.319 e. The molecule has 0 heterocycles. The van der Waals surface area contributed by atoms with Gasteiger partial charge in [0.1, 0.15) is 0 Å². The van der Waals surface area contributed by atoms with Gasteiger partial charge in [-0.2, -0.15) is 0 Å². The number of aliphatic hydroxyl groups excluding tert-OH is 1. The Hall–Kier alpha value is -2.37. The molecule has 1 aliphatic carbocycles. The number of carbonyl (C=O) groups is 1. The molecule has 5 heteroatoms. The molecule has 2 amide bonds. The van der Waals surface area contributed by atoms with E-state index in [1.165, 1.54) is 0 Å². The zero-order valence-corrected chi connectivity index (χ0v) is 14.2. The summed E-state index contributed by atoms with van der Waals surface area (Å²) in [7, 11) is 0. The van der Waals surface area contributed by atoms with Gasteiger partial charge in [-0.25, -0.2) is 4.79 Å². The number of nitrogens with one attached hydrogen (secondary N) is 2. The predicted molar refractivity (Wildman–Crippen MR) is 97.2 cm³/mol. The fourth-order valence-electron chi connectivity index (χ4n) is 2.99. The number of anilines is 1. The van der Waals surface area contributed by atoms with Crippen LogP contribution < -0.4 is 10.6 Å². The average Bonchev–Trinajstić information content (AvgIpc) is 3.02. The van der Waals surface area contributed by atoms with Crippen molar-refractivity contribution in [1.82, 2.24) is 5.32 Å². The molecular weight excluding hydrogens is 316 g/mol. The monoisotopic (exact) mass is 340 g/mol. The smallest absolute Gasteiger partial charge is 0.319 e. The zero-order valence-electron chi connectivity index (χ0n) is 14.2. The molecular formula is C20H24N2O3. The molecule has 0 saturated heterocycles. The van der Waals surface area contributed by atoms with E-state index < -0.39 is 6.10 Å². The van der Waals surface area contributed by atoms with Crippen molar-refractivity contribution in [3.05, 3.63) is 65.7 Å². The van der Waals surface area contributed by atoms with Crippen LogP contribution in [0.5, 0.6) is 0 Å². The minimum Gasteiger partial charge on any atom is -0.391 e. The van der Waals surface area contributed by atoms with Crippen LogP contribution in [-0.2, 0) is 18.0 Å². The lowest BCUT2D eigenvalue weighted by atomic mass is 10.2. The average molecular weight is 340 g/mol. The van der Waals surface area contributed by atoms with Crippen LogP contribution in [-0.4, -0.2) is 23.3 Å². The van der Waals surface area contributed by atoms with Crippen LogP contribution in [0.15, 0.2) is 54.6 Å². The molecule has 0 aliphatic heterocycles. The van der Waals surface area contributed by atoms with Crippen molar-refractivity contribution in [2.45, 2.75) is 44.6 Å². The Kier molecular flexibility index (Phi) is 6.04. The maximum absolute atomic E-state index is 12.0. The van der Waals surface area contributed by atoms with Crippen molar-refractivity contribution in [3.8, 4) is 0 Å². The van der Waals surface area contributed by atoms with Crippen LogP contribution in [0, 0.1) is 0 Å². The third-order valence-corrected chi connectivity index (χ3v) is 4.39. The maximum atomic E-state index is 12.0. The number of rotatable bonds is 6. The van der Waals surface area contributed by atoms with E-state index in [9.17, 15) is 9.90 Å². The molecule has 2 aromatic rings. The summed E-state index contributed by atoms with van der Waals surface area (Å²) in [5.41, 5.74) is 2.91. The first-order valence-electron chi connectivity index (χ1n) is 8.67. The molecule has 3 N–H and O–H groups in total. The van der Waals surface area contributed by atoms with Crippen molar-refractivity contribution in [3.63, 3.8) is 0 Å². The van der Waals surface area contributed by atoms with Gasteiger partial charge in [-0.3, -0.25) is 0 Å². The third kappa shape index (κ3) is 5.31. The summed E-state index contributed by atoms with van der Waals surface area (Å²) in [4.78, 5) is 12.0. The molecule has 0 aromatic heterocycles. The van der Waals surface area contributed by atoms with Gasteiger partial charge in [0.2, 0.25) is 0 Å². The van der Waals surface area contributed by atoms with E-state index in [1.807, 2.05) is 54.6 Å². The van der Waals surface area contributed by atoms with Crippen LogP contribution in [0.25, 0.3) is 0 Å². The van der Waals surface area contributed by atoms with Crippen molar-refractivity contribution in [1.29, 1.82) is 0 Å². The lowest BCUT2D eigenvalue weighted by Crippen LogP contribution is -2.42. The second-order valence-electron chi connectivity index (χ2n) is 6.38. The van der Waals surface area contributed by atoms with Crippen molar-refractivity contribution >= 4 is 11.7 Å². The van der Waals surface area contributed by atoms with Gasteiger partial charge in [0.05, 0.1) is 25.4 Å². The first kappa shape index (κ1) is 17.5. The van der Waals surface area contributed by atoms with E-state index in [-0.39, 0.29) is 12.1 Å². The van der Waals surface area contributed by atoms with Crippen molar-refractivity contribution < 1.29 is 14.6 Å². The van der Waals surface area contributed by atoms with Crippen LogP contribution in [0.3, 0.4) is 0 Å². The molecule has 1 fully saturated rings. The molecule has 25 heavy (non-hydrogen) atoms. The summed E-state index contributed by atoms with van der Waals surface area (Å²) in [6, 6.07) is 17.2. The van der Waals surface area contributed by atoms with E-state index >= 15 is 0 Å². The van der Waals surface area contributed by atoms with E-state index in [0.29, 0.717) is 13.2 Å². The van der Waals surface area contributed by atoms with Crippen LogP contribution in [0.1, 0.15) is 30.4 Å². The van der Waals surface area contributed by atoms with Gasteiger partial charge in [-0.05, 0) is 42.5 Å². The zero-order chi connectivity index (χ0) is 17.5. The molecule has 1 aliphatic rings. The normalized spacial score (nSPS) is 19.6. The van der Waals surface area contributed by atoms with Crippen molar-refractivity contribution in [2.24, 2.45) is 0 Å². The second kappa shape index (κ2) is 8.65. The van der Waals surface area contributed by atoms with Crippen LogP contribution in [0.2, 0.25) is 0 Å². The lowest BCUT2D eigenvalue weighted by molar-refractivity contribution is 0.107. The van der Waals surface area contributed by atoms with Crippen LogP contribution in [0.4, 0.5) is 10.5 Å². The van der Waals surface area contributed by atoms with Gasteiger partial charge in [-0.15, -0.1) is 0 Å². The quantitative estimate of drug-likeness (QED) is 0.754. The molecule has 0 spiro atoms. The summed E-state index contributed by atoms with van der Waals surface area (Å²) in [6.07, 6.45) is 2.09. The molecule has 0 bridgehead atoms. The summed E-state index contributed by atoms with van der Waals surface area (Å²) in [6.45, 7) is 1.10. The molecule has 0 radical (unpaired) electrons. The van der Waals surface area contributed by atoms with Gasteiger partial charge >= 0.3 is 6.03 Å². The van der Waals surface area contributed by atoms with Crippen LogP contribution >= 0.6 is 0 Å². The fraction of sp³-hybridized carbons (Fsp3) is 0.350. The Bertz CT molecular complexity index is 673. The van der Waals surface area contributed by atoms with Crippen molar-refractivity contribution in [2.75, 3.05) is 5.32 Å². The number of ether oxygens (including phenoxy) is 1. The largest absolute Gasteiger partial charge is 0.391 e. The van der Waals surface area contributed by atoms with Gasteiger partial charge in [0.25, 0.3) is 0 Å². The first-order valence-corrected chi connectivity index (χ1v) is 8.67. The Morgan fingerprint density at radius 2 is 1.68 bits per heavy atom. The Labute approximate surface area is 148 Å². The molecule has 5 nitrogen and oxygen atoms in total. The Morgan fingerprint density at radius 1 is 1.00 bits per heavy atom. The summed E-state index contributed by atoms with van der Waals surface area (Å²) in [5, 5.41) is 15.4. The summed E-state index contributed by atoms with van der Waals surface area (Å²) >= 11 is 0. The molecule has 0 unspecified atom stereocenters. The van der Waals surface area contributed by atoms with Gasteiger partial charge in [-0.1, -0.05) is 42.5 Å². The number of carbonyl (C=O) groups excluding carboxylic acids is 1. The molecule has 132 valence electrons. The van der Waals surface area contributed by atoms with E-state index in [1.54, 1.807) is 0 Å². The highest BCUT2D eigenvalue weighted by atomic mass is 16.5. The third-order valence-electron chi connectivity index (χ3n) is 4.39. The van der Waals surface area contributed by atoms with Gasteiger partial charge in [0, 0.05) is 5.69 Å². The molecule has 3 rings (SSSR count). The Morgan fingerprint density at radius 3 is 2.32 bits per heavy atom. The SMILES string of the molecule is O=C(Nc1ccc(COCc2ccccc2)cc1)N[C@@H]1CCC[C@@H]1O. The predicted octanol–water partition coefficient (Wildman–Crippen LogP) is 3.44. The fourth-order valence-corrected chi connectivity index (χ4v) is 2.99. The highest BCUT2D eigenvalue weighted by molar-refractivity contribution is 5.89. The standard InChI is InChI=1S/C20H24N2O3/c23-19-8-4-7-18(19)22-20(24)21-17-11-9-16(10-12-17)14-25-13-15-5-2-1-3-6-15/h1-3,5-6,9-12,18-19,23H,4,7-8,13-14H2,(H2,21,22,24)/t18-,19+/m1/s1. The minimum absolute atomic E-state index is 0.148. The number of urea groups is 1. The van der Waals surface area contributed by atoms with E-state index in [2.05, 4.69) is 10.6 Å². The molecule has 1 saturated carbocycles. The number of aliphatic hydroxyl groups is 1.